The van der Waals surface area contributed by atoms with E-state index in [9.17, 15) is 18.0 Å². The third-order valence-electron chi connectivity index (χ3n) is 5.74. The number of pyridine rings is 1. The summed E-state index contributed by atoms with van der Waals surface area (Å²) in [7, 11) is -1.30. The summed E-state index contributed by atoms with van der Waals surface area (Å²) in [6, 6.07) is 3.55. The Kier molecular flexibility index (Phi) is 6.14. The molecule has 7 nitrogen and oxygen atoms in total. The molecule has 1 aromatic rings. The van der Waals surface area contributed by atoms with E-state index >= 15 is 0 Å². The molecule has 3 rings (SSSR count). The predicted octanol–water partition coefficient (Wildman–Crippen LogP) is 1.15. The topological polar surface area (TPSA) is 96.4 Å². The summed E-state index contributed by atoms with van der Waals surface area (Å²) in [6.45, 7) is 0.463. The molecule has 1 unspecified atom stereocenters. The number of hydrogen-bond donors (Lipinski definition) is 1. The number of hydrogen-bond acceptors (Lipinski definition) is 5. The molecule has 2 aliphatic rings. The minimum atomic E-state index is -3.01. The highest BCUT2D eigenvalue weighted by molar-refractivity contribution is 7.91. The molecule has 27 heavy (non-hydrogen) atoms. The largest absolute Gasteiger partial charge is 0.352 e. The van der Waals surface area contributed by atoms with E-state index < -0.39 is 9.84 Å². The van der Waals surface area contributed by atoms with E-state index in [1.54, 1.807) is 24.3 Å². The molecule has 1 aromatic heterocycles. The van der Waals surface area contributed by atoms with Crippen LogP contribution in [-0.2, 0) is 26.0 Å². The molecule has 1 saturated heterocycles. The van der Waals surface area contributed by atoms with Crippen molar-refractivity contribution in [2.45, 2.75) is 44.7 Å². The van der Waals surface area contributed by atoms with Crippen molar-refractivity contribution in [3.63, 3.8) is 0 Å². The van der Waals surface area contributed by atoms with Gasteiger partial charge in [0.2, 0.25) is 11.8 Å². The lowest BCUT2D eigenvalue weighted by molar-refractivity contribution is -0.138. The summed E-state index contributed by atoms with van der Waals surface area (Å²) in [4.78, 5) is 30.7. The third-order valence-corrected chi connectivity index (χ3v) is 7.49. The molecule has 2 heterocycles. The Bertz CT molecular complexity index is 773. The number of carbonyl (C=O) groups is 2. The van der Waals surface area contributed by atoms with E-state index in [1.165, 1.54) is 0 Å². The highest BCUT2D eigenvalue weighted by Crippen LogP contribution is 2.31. The minimum Gasteiger partial charge on any atom is -0.352 e. The van der Waals surface area contributed by atoms with Crippen molar-refractivity contribution in [2.75, 3.05) is 18.6 Å². The van der Waals surface area contributed by atoms with Crippen LogP contribution in [0.25, 0.3) is 0 Å². The molecule has 1 aliphatic heterocycles. The van der Waals surface area contributed by atoms with Crippen LogP contribution >= 0.6 is 0 Å². The number of nitrogens with zero attached hydrogens (tertiary/aromatic N) is 2. The van der Waals surface area contributed by atoms with Crippen LogP contribution in [0.2, 0.25) is 0 Å². The van der Waals surface area contributed by atoms with E-state index in [0.717, 1.165) is 5.56 Å². The second-order valence-corrected chi connectivity index (χ2v) is 9.86. The van der Waals surface area contributed by atoms with Crippen LogP contribution in [0.1, 0.15) is 37.7 Å². The monoisotopic (exact) mass is 393 g/mol. The van der Waals surface area contributed by atoms with Gasteiger partial charge in [0, 0.05) is 43.9 Å². The maximum atomic E-state index is 12.7. The van der Waals surface area contributed by atoms with E-state index in [-0.39, 0.29) is 41.2 Å². The number of rotatable bonds is 5. The van der Waals surface area contributed by atoms with Crippen LogP contribution in [-0.4, -0.2) is 54.7 Å². The average Bonchev–Trinajstić information content (AvgIpc) is 3.05. The summed E-state index contributed by atoms with van der Waals surface area (Å²) in [5.74, 6) is 0.107. The number of nitrogens with one attached hydrogen (secondary N) is 1. The normalized spacial score (nSPS) is 27.1. The Morgan fingerprint density at radius 3 is 2.48 bits per heavy atom. The SMILES string of the molecule is CN(C(=O)C1CCC(C(=O)NCc2cccnc2)CC1)C1CCS(=O)(=O)C1. The van der Waals surface area contributed by atoms with Crippen molar-refractivity contribution < 1.29 is 18.0 Å². The summed E-state index contributed by atoms with van der Waals surface area (Å²) in [6.07, 6.45) is 6.67. The van der Waals surface area contributed by atoms with Crippen molar-refractivity contribution in [2.24, 2.45) is 11.8 Å². The van der Waals surface area contributed by atoms with Gasteiger partial charge in [0.25, 0.3) is 0 Å². The van der Waals surface area contributed by atoms with Gasteiger partial charge in [-0.25, -0.2) is 8.42 Å². The van der Waals surface area contributed by atoms with Gasteiger partial charge in [0.05, 0.1) is 11.5 Å². The minimum absolute atomic E-state index is 0.0197. The van der Waals surface area contributed by atoms with E-state index in [1.807, 2.05) is 12.1 Å². The Labute approximate surface area is 160 Å². The number of amides is 2. The molecule has 2 amide bonds. The lowest BCUT2D eigenvalue weighted by Gasteiger charge is -2.32. The van der Waals surface area contributed by atoms with Crippen molar-refractivity contribution in [1.82, 2.24) is 15.2 Å². The van der Waals surface area contributed by atoms with Gasteiger partial charge < -0.3 is 10.2 Å². The third kappa shape index (κ3) is 5.06. The van der Waals surface area contributed by atoms with Crippen LogP contribution in [0.3, 0.4) is 0 Å². The van der Waals surface area contributed by atoms with Crippen LogP contribution in [0.5, 0.6) is 0 Å². The van der Waals surface area contributed by atoms with Gasteiger partial charge >= 0.3 is 0 Å². The first kappa shape index (κ1) is 19.8. The van der Waals surface area contributed by atoms with Crippen LogP contribution < -0.4 is 5.32 Å². The second kappa shape index (κ2) is 8.37. The zero-order chi connectivity index (χ0) is 19.4. The molecule has 0 radical (unpaired) electrons. The smallest absolute Gasteiger partial charge is 0.225 e. The van der Waals surface area contributed by atoms with Crippen LogP contribution in [0.15, 0.2) is 24.5 Å². The van der Waals surface area contributed by atoms with Crippen molar-refractivity contribution in [1.29, 1.82) is 0 Å². The van der Waals surface area contributed by atoms with Crippen molar-refractivity contribution in [3.05, 3.63) is 30.1 Å². The number of sulfone groups is 1. The molecule has 0 bridgehead atoms. The van der Waals surface area contributed by atoms with Crippen LogP contribution in [0.4, 0.5) is 0 Å². The highest BCUT2D eigenvalue weighted by atomic mass is 32.2. The van der Waals surface area contributed by atoms with E-state index in [2.05, 4.69) is 10.3 Å². The van der Waals surface area contributed by atoms with Crippen molar-refractivity contribution in [3.8, 4) is 0 Å². The average molecular weight is 394 g/mol. The van der Waals surface area contributed by atoms with Gasteiger partial charge in [0.15, 0.2) is 9.84 Å². The van der Waals surface area contributed by atoms with Gasteiger partial charge in [-0.3, -0.25) is 14.6 Å². The maximum Gasteiger partial charge on any atom is 0.225 e. The lowest BCUT2D eigenvalue weighted by Crippen LogP contribution is -2.43. The summed E-state index contributed by atoms with van der Waals surface area (Å²) >= 11 is 0. The summed E-state index contributed by atoms with van der Waals surface area (Å²) in [5.41, 5.74) is 0.961. The van der Waals surface area contributed by atoms with Gasteiger partial charge in [-0.2, -0.15) is 0 Å². The van der Waals surface area contributed by atoms with E-state index in [4.69, 9.17) is 0 Å². The first-order chi connectivity index (χ1) is 12.9. The van der Waals surface area contributed by atoms with Gasteiger partial charge in [-0.1, -0.05) is 6.07 Å². The molecule has 1 saturated carbocycles. The molecule has 1 atom stereocenters. The fourth-order valence-electron chi connectivity index (χ4n) is 3.99. The molecule has 1 N–H and O–H groups in total. The lowest BCUT2D eigenvalue weighted by atomic mass is 9.80. The zero-order valence-electron chi connectivity index (χ0n) is 15.6. The Balaban J connectivity index is 1.45. The van der Waals surface area contributed by atoms with Gasteiger partial charge in [-0.15, -0.1) is 0 Å². The predicted molar refractivity (Wildman–Crippen MR) is 101 cm³/mol. The van der Waals surface area contributed by atoms with Gasteiger partial charge in [-0.05, 0) is 43.7 Å². The Morgan fingerprint density at radius 2 is 1.89 bits per heavy atom. The molecule has 1 aliphatic carbocycles. The zero-order valence-corrected chi connectivity index (χ0v) is 16.5. The first-order valence-electron chi connectivity index (χ1n) is 9.49. The molecule has 8 heteroatoms. The Hall–Kier alpha value is -1.96. The summed E-state index contributed by atoms with van der Waals surface area (Å²) < 4.78 is 23.3. The van der Waals surface area contributed by atoms with Crippen LogP contribution in [0, 0.1) is 11.8 Å². The highest BCUT2D eigenvalue weighted by Gasteiger charge is 2.37. The first-order valence-corrected chi connectivity index (χ1v) is 11.3. The standard InChI is InChI=1S/C19H27N3O4S/c1-22(17-8-10-27(25,26)13-17)19(24)16-6-4-15(5-7-16)18(23)21-12-14-3-2-9-20-11-14/h2-3,9,11,15-17H,4-8,10,12-13H2,1H3,(H,21,23). The molecule has 0 spiro atoms. The second-order valence-electron chi connectivity index (χ2n) is 7.63. The van der Waals surface area contributed by atoms with Crippen molar-refractivity contribution >= 4 is 21.7 Å². The fourth-order valence-corrected chi connectivity index (χ4v) is 5.76. The molecule has 2 fully saturated rings. The number of carbonyl (C=O) groups excluding carboxylic acids is 2. The Morgan fingerprint density at radius 1 is 1.19 bits per heavy atom. The summed E-state index contributed by atoms with van der Waals surface area (Å²) in [5, 5.41) is 2.95. The molecular weight excluding hydrogens is 366 g/mol. The maximum absolute atomic E-state index is 12.7. The fraction of sp³-hybridized carbons (Fsp3) is 0.632. The quantitative estimate of drug-likeness (QED) is 0.809. The number of aromatic nitrogens is 1. The molecule has 148 valence electrons. The molecule has 0 aromatic carbocycles. The van der Waals surface area contributed by atoms with Gasteiger partial charge in [0.1, 0.15) is 0 Å². The van der Waals surface area contributed by atoms with E-state index in [0.29, 0.717) is 38.6 Å². The molecular formula is C19H27N3O4S.